The summed E-state index contributed by atoms with van der Waals surface area (Å²) in [7, 11) is 0. The zero-order valence-electron chi connectivity index (χ0n) is 18.4. The predicted molar refractivity (Wildman–Crippen MR) is 125 cm³/mol. The molecule has 2 heterocycles. The quantitative estimate of drug-likeness (QED) is 0.396. The van der Waals surface area contributed by atoms with Crippen LogP contribution in [-0.2, 0) is 29.1 Å². The lowest BCUT2D eigenvalue weighted by atomic mass is 10.1. The highest BCUT2D eigenvalue weighted by atomic mass is 16.5. The largest absolute Gasteiger partial charge is 0.463 e. The van der Waals surface area contributed by atoms with Gasteiger partial charge in [-0.05, 0) is 60.6 Å². The van der Waals surface area contributed by atoms with Crippen LogP contribution in [0, 0.1) is 0 Å². The minimum absolute atomic E-state index is 0.143. The number of aliphatic hydroxyl groups is 1. The molecule has 1 aliphatic rings. The van der Waals surface area contributed by atoms with E-state index in [0.29, 0.717) is 32.0 Å². The Balaban J connectivity index is 0.000000243. The molecule has 4 rings (SSSR count). The molecule has 7 heteroatoms. The Labute approximate surface area is 188 Å². The van der Waals surface area contributed by atoms with E-state index in [1.807, 2.05) is 43.5 Å². The van der Waals surface area contributed by atoms with Gasteiger partial charge in [-0.25, -0.2) is 4.98 Å². The molecule has 3 N–H and O–H groups in total. The fourth-order valence-electron chi connectivity index (χ4n) is 3.30. The van der Waals surface area contributed by atoms with Gasteiger partial charge < -0.3 is 20.0 Å². The zero-order chi connectivity index (χ0) is 22.8. The van der Waals surface area contributed by atoms with Crippen molar-refractivity contribution in [3.05, 3.63) is 82.9 Å². The molecule has 1 fully saturated rings. The summed E-state index contributed by atoms with van der Waals surface area (Å²) < 4.78 is 6.62. The second kappa shape index (κ2) is 11.8. The van der Waals surface area contributed by atoms with E-state index >= 15 is 0 Å². The standard InChI is InChI=1S/C17H22N4O.C8H8O2/c1-12(7-18)8-19-9-16-11-21-10-15(13-2-3-13)6-14(4-5-22)17(21)20-16;9-7-10-6-8-4-2-1-3-5-8/h6-8,10-11,13,22H,2-5,9,18H2,1H3;1-5,7H,6H2/b12-7-,19-8?;. The number of carbonyl (C=O) groups excluding carboxylic acids is 1. The summed E-state index contributed by atoms with van der Waals surface area (Å²) >= 11 is 0. The van der Waals surface area contributed by atoms with Crippen molar-refractivity contribution in [3.63, 3.8) is 0 Å². The molecule has 0 atom stereocenters. The normalized spacial score (nSPS) is 13.8. The number of ether oxygens (including phenoxy) is 1. The van der Waals surface area contributed by atoms with Crippen molar-refractivity contribution in [2.75, 3.05) is 6.61 Å². The smallest absolute Gasteiger partial charge is 0.293 e. The lowest BCUT2D eigenvalue weighted by Crippen LogP contribution is -1.98. The summed E-state index contributed by atoms with van der Waals surface area (Å²) in [6, 6.07) is 11.7. The summed E-state index contributed by atoms with van der Waals surface area (Å²) in [5.41, 5.74) is 11.7. The number of nitrogens with two attached hydrogens (primary N) is 1. The highest BCUT2D eigenvalue weighted by molar-refractivity contribution is 5.77. The van der Waals surface area contributed by atoms with Gasteiger partial charge in [-0.3, -0.25) is 9.79 Å². The van der Waals surface area contributed by atoms with E-state index in [2.05, 4.69) is 31.4 Å². The van der Waals surface area contributed by atoms with Crippen molar-refractivity contribution in [3.8, 4) is 0 Å². The number of aromatic nitrogens is 2. The topological polar surface area (TPSA) is 102 Å². The van der Waals surface area contributed by atoms with Crippen LogP contribution < -0.4 is 5.73 Å². The zero-order valence-corrected chi connectivity index (χ0v) is 18.4. The molecular weight excluding hydrogens is 404 g/mol. The maximum Gasteiger partial charge on any atom is 0.293 e. The van der Waals surface area contributed by atoms with E-state index in [-0.39, 0.29) is 6.61 Å². The van der Waals surface area contributed by atoms with Gasteiger partial charge in [-0.15, -0.1) is 0 Å². The number of pyridine rings is 1. The molecule has 168 valence electrons. The van der Waals surface area contributed by atoms with E-state index in [0.717, 1.165) is 28.0 Å². The first kappa shape index (κ1) is 23.2. The lowest BCUT2D eigenvalue weighted by molar-refractivity contribution is -0.129. The fourth-order valence-corrected chi connectivity index (χ4v) is 3.30. The highest BCUT2D eigenvalue weighted by Crippen LogP contribution is 2.40. The van der Waals surface area contributed by atoms with Crippen molar-refractivity contribution in [2.24, 2.45) is 10.7 Å². The molecule has 3 aromatic rings. The Kier molecular flexibility index (Phi) is 8.57. The summed E-state index contributed by atoms with van der Waals surface area (Å²) in [6.45, 7) is 3.40. The summed E-state index contributed by atoms with van der Waals surface area (Å²) in [5.74, 6) is 0.683. The van der Waals surface area contributed by atoms with E-state index in [1.54, 1.807) is 6.21 Å². The minimum atomic E-state index is 0.143. The van der Waals surface area contributed by atoms with Gasteiger partial charge in [0.25, 0.3) is 6.47 Å². The average Bonchev–Trinajstić information content (AvgIpc) is 3.59. The molecule has 1 saturated carbocycles. The van der Waals surface area contributed by atoms with E-state index in [9.17, 15) is 9.90 Å². The van der Waals surface area contributed by atoms with E-state index < -0.39 is 0 Å². The molecule has 0 bridgehead atoms. The number of carbonyl (C=O) groups is 1. The Morgan fingerprint density at radius 2 is 2.09 bits per heavy atom. The summed E-state index contributed by atoms with van der Waals surface area (Å²) in [6.07, 6.45) is 10.7. The van der Waals surface area contributed by atoms with Crippen molar-refractivity contribution >= 4 is 18.3 Å². The van der Waals surface area contributed by atoms with Gasteiger partial charge in [0.05, 0.1) is 12.2 Å². The lowest BCUT2D eigenvalue weighted by Gasteiger charge is -2.06. The first-order chi connectivity index (χ1) is 15.6. The molecular formula is C25H30N4O3. The number of benzene rings is 1. The predicted octanol–water partition coefficient (Wildman–Crippen LogP) is 3.54. The summed E-state index contributed by atoms with van der Waals surface area (Å²) in [4.78, 5) is 18.8. The van der Waals surface area contributed by atoms with Gasteiger partial charge in [0, 0.05) is 25.2 Å². The molecule has 7 nitrogen and oxygen atoms in total. The van der Waals surface area contributed by atoms with Gasteiger partial charge in [0.2, 0.25) is 0 Å². The number of hydrogen-bond donors (Lipinski definition) is 2. The molecule has 0 saturated heterocycles. The molecule has 0 unspecified atom stereocenters. The molecule has 0 amide bonds. The van der Waals surface area contributed by atoms with Gasteiger partial charge in [0.15, 0.2) is 0 Å². The highest BCUT2D eigenvalue weighted by Gasteiger charge is 2.25. The molecule has 32 heavy (non-hydrogen) atoms. The van der Waals surface area contributed by atoms with Gasteiger partial charge in [0.1, 0.15) is 12.3 Å². The Morgan fingerprint density at radius 1 is 1.31 bits per heavy atom. The number of rotatable bonds is 9. The second-order valence-electron chi connectivity index (χ2n) is 7.78. The van der Waals surface area contributed by atoms with Gasteiger partial charge in [-0.2, -0.15) is 0 Å². The molecule has 2 aromatic heterocycles. The van der Waals surface area contributed by atoms with Crippen LogP contribution in [0.25, 0.3) is 5.65 Å². The second-order valence-corrected chi connectivity index (χ2v) is 7.78. The molecule has 0 radical (unpaired) electrons. The third-order valence-corrected chi connectivity index (χ3v) is 5.10. The SMILES string of the molecule is C/C(C=NCc1cn2cc(C3CC3)cc(CCO)c2n1)=C/N.O=COCc1ccccc1. The maximum absolute atomic E-state index is 9.76. The Bertz CT molecular complexity index is 1070. The molecule has 1 aliphatic carbocycles. The van der Waals surface area contributed by atoms with Crippen LogP contribution in [0.2, 0.25) is 0 Å². The third-order valence-electron chi connectivity index (χ3n) is 5.10. The minimum Gasteiger partial charge on any atom is -0.463 e. The number of allylic oxidation sites excluding steroid dienone is 1. The Hall–Kier alpha value is -3.45. The van der Waals surface area contributed by atoms with Crippen LogP contribution in [-0.4, -0.2) is 33.8 Å². The monoisotopic (exact) mass is 434 g/mol. The van der Waals surface area contributed by atoms with Crippen LogP contribution in [0.15, 0.2) is 65.6 Å². The van der Waals surface area contributed by atoms with E-state index in [4.69, 9.17) is 5.73 Å². The number of nitrogens with zero attached hydrogens (tertiary/aromatic N) is 3. The average molecular weight is 435 g/mol. The van der Waals surface area contributed by atoms with Crippen molar-refractivity contribution in [1.29, 1.82) is 0 Å². The van der Waals surface area contributed by atoms with Crippen LogP contribution >= 0.6 is 0 Å². The number of hydrogen-bond acceptors (Lipinski definition) is 6. The van der Waals surface area contributed by atoms with Crippen molar-refractivity contribution in [2.45, 2.75) is 45.3 Å². The van der Waals surface area contributed by atoms with Crippen LogP contribution in [0.1, 0.15) is 48.1 Å². The Morgan fingerprint density at radius 3 is 2.75 bits per heavy atom. The number of aliphatic imine (C=N–C) groups is 1. The van der Waals surface area contributed by atoms with Crippen molar-refractivity contribution < 1.29 is 14.6 Å². The number of fused-ring (bicyclic) bond motifs is 1. The summed E-state index contributed by atoms with van der Waals surface area (Å²) in [5, 5.41) is 9.28. The molecule has 0 spiro atoms. The van der Waals surface area contributed by atoms with Crippen LogP contribution in [0.5, 0.6) is 0 Å². The van der Waals surface area contributed by atoms with Crippen molar-refractivity contribution in [1.82, 2.24) is 9.38 Å². The molecule has 1 aromatic carbocycles. The third kappa shape index (κ3) is 6.78. The first-order valence-corrected chi connectivity index (χ1v) is 10.7. The number of aliphatic hydroxyl groups excluding tert-OH is 1. The maximum atomic E-state index is 9.76. The van der Waals surface area contributed by atoms with Crippen LogP contribution in [0.3, 0.4) is 0 Å². The van der Waals surface area contributed by atoms with E-state index in [1.165, 1.54) is 24.6 Å². The number of imidazole rings is 1. The fraction of sp³-hybridized carbons (Fsp3) is 0.320. The first-order valence-electron chi connectivity index (χ1n) is 10.7. The van der Waals surface area contributed by atoms with Gasteiger partial charge in [-0.1, -0.05) is 36.4 Å². The van der Waals surface area contributed by atoms with Crippen LogP contribution in [0.4, 0.5) is 0 Å². The molecule has 0 aliphatic heterocycles. The van der Waals surface area contributed by atoms with Gasteiger partial charge >= 0.3 is 0 Å².